The Hall–Kier alpha value is 0. The van der Waals surface area contributed by atoms with E-state index in [0.29, 0.717) is 12.0 Å². The van der Waals surface area contributed by atoms with Crippen molar-refractivity contribution < 1.29 is 7.86 Å². The number of nitrogens with one attached hydrogen (secondary N) is 1. The Morgan fingerprint density at radius 1 is 1.50 bits per heavy atom. The fourth-order valence-electron chi connectivity index (χ4n) is 1.70. The van der Waals surface area contributed by atoms with Gasteiger partial charge in [-0.25, -0.2) is 4.79 Å². The molecule has 0 aromatic rings. The molecule has 1 aliphatic carbocycles. The molecule has 12 heavy (non-hydrogen) atoms. The van der Waals surface area contributed by atoms with Crippen molar-refractivity contribution in [3.8, 4) is 0 Å². The second kappa shape index (κ2) is 4.89. The Morgan fingerprint density at radius 2 is 2.17 bits per heavy atom. The molecular formula is C8H14INO2. The highest BCUT2D eigenvalue weighted by molar-refractivity contribution is 14.1. The van der Waals surface area contributed by atoms with E-state index in [2.05, 4.69) is 15.3 Å². The maximum absolute atomic E-state index is 10.9. The van der Waals surface area contributed by atoms with Gasteiger partial charge >= 0.3 is 6.09 Å². The lowest BCUT2D eigenvalue weighted by Crippen LogP contribution is -2.40. The van der Waals surface area contributed by atoms with E-state index in [1.165, 1.54) is 19.3 Å². The number of rotatable bonds is 1. The molecule has 70 valence electrons. The van der Waals surface area contributed by atoms with Gasteiger partial charge in [0.15, 0.2) is 23.0 Å². The zero-order valence-corrected chi connectivity index (χ0v) is 9.34. The van der Waals surface area contributed by atoms with Gasteiger partial charge in [-0.1, -0.05) is 19.8 Å². The lowest BCUT2D eigenvalue weighted by Gasteiger charge is -2.28. The van der Waals surface area contributed by atoms with Gasteiger partial charge in [0.2, 0.25) is 0 Å². The Labute approximate surface area is 86.9 Å². The summed E-state index contributed by atoms with van der Waals surface area (Å²) in [6.07, 6.45) is 4.50. The standard InChI is InChI=1S/C8H14INO2/c1-6-4-2-3-5-7(6)10-8(11)12-9/h6-7H,2-5H2,1H3,(H,10,11). The molecule has 0 saturated heterocycles. The van der Waals surface area contributed by atoms with Crippen LogP contribution in [0.25, 0.3) is 0 Å². The Morgan fingerprint density at radius 3 is 2.75 bits per heavy atom. The van der Waals surface area contributed by atoms with Crippen molar-refractivity contribution in [1.82, 2.24) is 5.32 Å². The summed E-state index contributed by atoms with van der Waals surface area (Å²) in [5, 5.41) is 2.85. The number of carbonyl (C=O) groups excluding carboxylic acids is 1. The molecule has 0 aliphatic heterocycles. The van der Waals surface area contributed by atoms with Gasteiger partial charge in [-0.2, -0.15) is 0 Å². The summed E-state index contributed by atoms with van der Waals surface area (Å²) in [4.78, 5) is 10.9. The Kier molecular flexibility index (Phi) is 4.11. The first-order valence-electron chi connectivity index (χ1n) is 4.33. The van der Waals surface area contributed by atoms with Gasteiger partial charge in [0.05, 0.1) is 0 Å². The SMILES string of the molecule is CC1CCCCC1NC(=O)OI. The van der Waals surface area contributed by atoms with Crippen LogP contribution in [0, 0.1) is 5.92 Å². The minimum atomic E-state index is -0.311. The molecule has 0 radical (unpaired) electrons. The lowest BCUT2D eigenvalue weighted by atomic mass is 9.86. The maximum atomic E-state index is 10.9. The van der Waals surface area contributed by atoms with Gasteiger partial charge < -0.3 is 8.38 Å². The molecule has 0 aromatic carbocycles. The van der Waals surface area contributed by atoms with Crippen LogP contribution in [0.2, 0.25) is 0 Å². The average Bonchev–Trinajstić information content (AvgIpc) is 2.09. The lowest BCUT2D eigenvalue weighted by molar-refractivity contribution is 0.197. The van der Waals surface area contributed by atoms with Crippen molar-refractivity contribution in [2.45, 2.75) is 38.6 Å². The third kappa shape index (κ3) is 2.80. The van der Waals surface area contributed by atoms with Crippen LogP contribution in [0.5, 0.6) is 0 Å². The molecule has 1 saturated carbocycles. The zero-order valence-electron chi connectivity index (χ0n) is 7.18. The van der Waals surface area contributed by atoms with Gasteiger partial charge in [0, 0.05) is 6.04 Å². The van der Waals surface area contributed by atoms with Crippen LogP contribution in [-0.2, 0) is 3.07 Å². The average molecular weight is 283 g/mol. The van der Waals surface area contributed by atoms with Crippen molar-refractivity contribution in [2.24, 2.45) is 5.92 Å². The third-order valence-electron chi connectivity index (χ3n) is 2.48. The predicted octanol–water partition coefficient (Wildman–Crippen LogP) is 2.64. The molecule has 1 rings (SSSR count). The van der Waals surface area contributed by atoms with Crippen LogP contribution < -0.4 is 5.32 Å². The highest BCUT2D eigenvalue weighted by atomic mass is 127. The van der Waals surface area contributed by atoms with Gasteiger partial charge in [0.1, 0.15) is 0 Å². The second-order valence-corrected chi connectivity index (χ2v) is 3.82. The molecule has 0 aromatic heterocycles. The van der Waals surface area contributed by atoms with E-state index >= 15 is 0 Å². The molecule has 1 fully saturated rings. The molecule has 4 heteroatoms. The van der Waals surface area contributed by atoms with Crippen molar-refractivity contribution in [2.75, 3.05) is 0 Å². The van der Waals surface area contributed by atoms with E-state index in [1.807, 2.05) is 0 Å². The monoisotopic (exact) mass is 283 g/mol. The number of halogens is 1. The quantitative estimate of drug-likeness (QED) is 0.751. The summed E-state index contributed by atoms with van der Waals surface area (Å²) >= 11 is 1.60. The summed E-state index contributed by atoms with van der Waals surface area (Å²) in [5.74, 6) is 0.592. The summed E-state index contributed by atoms with van der Waals surface area (Å²) in [6, 6.07) is 0.320. The van der Waals surface area contributed by atoms with E-state index < -0.39 is 0 Å². The molecule has 3 nitrogen and oxygen atoms in total. The largest absolute Gasteiger partial charge is 0.416 e. The van der Waals surface area contributed by atoms with Gasteiger partial charge in [-0.05, 0) is 18.8 Å². The van der Waals surface area contributed by atoms with E-state index in [9.17, 15) is 4.79 Å². The first-order valence-corrected chi connectivity index (χ1v) is 5.21. The van der Waals surface area contributed by atoms with Crippen LogP contribution in [-0.4, -0.2) is 12.1 Å². The van der Waals surface area contributed by atoms with Crippen molar-refractivity contribution >= 4 is 29.1 Å². The van der Waals surface area contributed by atoms with Gasteiger partial charge in [-0.3, -0.25) is 0 Å². The fourth-order valence-corrected chi connectivity index (χ4v) is 1.83. The molecule has 0 heterocycles. The minimum Gasteiger partial charge on any atom is -0.378 e. The molecule has 2 atom stereocenters. The minimum absolute atomic E-state index is 0.311. The van der Waals surface area contributed by atoms with Crippen molar-refractivity contribution in [1.29, 1.82) is 0 Å². The van der Waals surface area contributed by atoms with E-state index in [1.54, 1.807) is 23.0 Å². The molecular weight excluding hydrogens is 269 g/mol. The molecule has 1 amide bonds. The predicted molar refractivity (Wildman–Crippen MR) is 55.1 cm³/mol. The topological polar surface area (TPSA) is 38.3 Å². The fraction of sp³-hybridized carbons (Fsp3) is 0.875. The molecule has 1 N–H and O–H groups in total. The normalized spacial score (nSPS) is 29.5. The highest BCUT2D eigenvalue weighted by Crippen LogP contribution is 2.23. The third-order valence-corrected chi connectivity index (χ3v) is 2.88. The second-order valence-electron chi connectivity index (χ2n) is 3.38. The van der Waals surface area contributed by atoms with Gasteiger partial charge in [0.25, 0.3) is 0 Å². The summed E-state index contributed by atoms with van der Waals surface area (Å²) in [6.45, 7) is 2.18. The highest BCUT2D eigenvalue weighted by Gasteiger charge is 2.22. The van der Waals surface area contributed by atoms with Crippen LogP contribution in [0.4, 0.5) is 4.79 Å². The first-order chi connectivity index (χ1) is 5.74. The summed E-state index contributed by atoms with van der Waals surface area (Å²) < 4.78 is 4.52. The molecule has 2 unspecified atom stereocenters. The zero-order chi connectivity index (χ0) is 8.97. The summed E-state index contributed by atoms with van der Waals surface area (Å²) in [5.41, 5.74) is 0. The number of amides is 1. The van der Waals surface area contributed by atoms with Crippen LogP contribution in [0.3, 0.4) is 0 Å². The number of carbonyl (C=O) groups is 1. The van der Waals surface area contributed by atoms with E-state index in [-0.39, 0.29) is 6.09 Å². The van der Waals surface area contributed by atoms with E-state index in [4.69, 9.17) is 0 Å². The van der Waals surface area contributed by atoms with Crippen molar-refractivity contribution in [3.63, 3.8) is 0 Å². The van der Waals surface area contributed by atoms with Crippen LogP contribution in [0.1, 0.15) is 32.6 Å². The Bertz CT molecular complexity index is 163. The number of hydrogen-bond donors (Lipinski definition) is 1. The molecule has 0 bridgehead atoms. The van der Waals surface area contributed by atoms with Gasteiger partial charge in [-0.15, -0.1) is 0 Å². The first kappa shape index (κ1) is 10.1. The van der Waals surface area contributed by atoms with Crippen molar-refractivity contribution in [3.05, 3.63) is 0 Å². The summed E-state index contributed by atoms with van der Waals surface area (Å²) in [7, 11) is 0. The van der Waals surface area contributed by atoms with Crippen LogP contribution in [0.15, 0.2) is 0 Å². The number of hydrogen-bond acceptors (Lipinski definition) is 2. The Balaban J connectivity index is 2.33. The maximum Gasteiger partial charge on any atom is 0.416 e. The molecule has 1 aliphatic rings. The van der Waals surface area contributed by atoms with Crippen LogP contribution >= 0.6 is 23.0 Å². The van der Waals surface area contributed by atoms with E-state index in [0.717, 1.165) is 6.42 Å². The smallest absolute Gasteiger partial charge is 0.378 e. The molecule has 0 spiro atoms.